The summed E-state index contributed by atoms with van der Waals surface area (Å²) in [5.41, 5.74) is 2.26. The van der Waals surface area contributed by atoms with Crippen molar-refractivity contribution in [1.29, 1.82) is 0 Å². The molecule has 34 heavy (non-hydrogen) atoms. The van der Waals surface area contributed by atoms with Crippen LogP contribution in [-0.2, 0) is 16.1 Å². The number of benzene rings is 3. The van der Waals surface area contributed by atoms with Gasteiger partial charge in [0.05, 0.1) is 12.1 Å². The molecule has 1 atom stereocenters. The van der Waals surface area contributed by atoms with Crippen molar-refractivity contribution >= 4 is 63.1 Å². The minimum Gasteiger partial charge on any atom is -0.454 e. The van der Waals surface area contributed by atoms with E-state index in [1.165, 1.54) is 4.90 Å². The number of amides is 2. The first-order valence-corrected chi connectivity index (χ1v) is 12.1. The van der Waals surface area contributed by atoms with Gasteiger partial charge in [0.25, 0.3) is 5.91 Å². The Morgan fingerprint density at radius 1 is 1.03 bits per heavy atom. The van der Waals surface area contributed by atoms with E-state index in [2.05, 4.69) is 27.9 Å². The van der Waals surface area contributed by atoms with Crippen molar-refractivity contribution in [3.63, 3.8) is 0 Å². The van der Waals surface area contributed by atoms with E-state index in [-0.39, 0.29) is 25.0 Å². The maximum Gasteiger partial charge on any atom is 0.256 e. The SMILES string of the molecule is O=C(CC1C(=O)N(c2ccccc2)C(=S)N1Cc1ccc2c(c1)OCO2)Nc1ccc(I)cc1. The highest BCUT2D eigenvalue weighted by molar-refractivity contribution is 14.1. The minimum atomic E-state index is -0.734. The number of fused-ring (bicyclic) bond motifs is 1. The molecule has 2 aliphatic rings. The van der Waals surface area contributed by atoms with Gasteiger partial charge in [-0.2, -0.15) is 0 Å². The number of anilines is 2. The normalized spacial score (nSPS) is 16.8. The van der Waals surface area contributed by atoms with E-state index in [0.717, 1.165) is 9.13 Å². The highest BCUT2D eigenvalue weighted by atomic mass is 127. The summed E-state index contributed by atoms with van der Waals surface area (Å²) >= 11 is 7.94. The summed E-state index contributed by atoms with van der Waals surface area (Å²) in [6, 6.07) is 21.6. The van der Waals surface area contributed by atoms with Crippen molar-refractivity contribution < 1.29 is 19.1 Å². The third-order valence-electron chi connectivity index (χ3n) is 5.63. The molecule has 3 aromatic rings. The van der Waals surface area contributed by atoms with Gasteiger partial charge < -0.3 is 19.7 Å². The number of carbonyl (C=O) groups excluding carboxylic acids is 2. The van der Waals surface area contributed by atoms with Crippen LogP contribution in [0.5, 0.6) is 11.5 Å². The highest BCUT2D eigenvalue weighted by Crippen LogP contribution is 2.34. The summed E-state index contributed by atoms with van der Waals surface area (Å²) in [7, 11) is 0. The molecular formula is C25H20IN3O4S. The molecule has 2 amide bonds. The molecule has 0 aromatic heterocycles. The summed E-state index contributed by atoms with van der Waals surface area (Å²) < 4.78 is 12.0. The molecule has 0 spiro atoms. The largest absolute Gasteiger partial charge is 0.454 e. The zero-order valence-corrected chi connectivity index (χ0v) is 20.9. The lowest BCUT2D eigenvalue weighted by Crippen LogP contribution is -2.37. The number of hydrogen-bond donors (Lipinski definition) is 1. The first-order chi connectivity index (χ1) is 16.5. The monoisotopic (exact) mass is 585 g/mol. The van der Waals surface area contributed by atoms with Crippen molar-refractivity contribution in [1.82, 2.24) is 4.90 Å². The summed E-state index contributed by atoms with van der Waals surface area (Å²) in [5.74, 6) is 0.854. The van der Waals surface area contributed by atoms with E-state index in [1.807, 2.05) is 72.8 Å². The Hall–Kier alpha value is -3.18. The van der Waals surface area contributed by atoms with Gasteiger partial charge in [-0.3, -0.25) is 14.5 Å². The second kappa shape index (κ2) is 9.59. The first-order valence-electron chi connectivity index (χ1n) is 10.6. The van der Waals surface area contributed by atoms with Crippen molar-refractivity contribution in [2.45, 2.75) is 19.0 Å². The van der Waals surface area contributed by atoms with Crippen molar-refractivity contribution in [2.75, 3.05) is 17.0 Å². The predicted molar refractivity (Wildman–Crippen MR) is 141 cm³/mol. The minimum absolute atomic E-state index is 0.0289. The summed E-state index contributed by atoms with van der Waals surface area (Å²) in [5, 5.41) is 3.25. The maximum absolute atomic E-state index is 13.5. The van der Waals surface area contributed by atoms with Gasteiger partial charge in [0.15, 0.2) is 16.6 Å². The Balaban J connectivity index is 1.40. The molecule has 3 aromatic carbocycles. The van der Waals surface area contributed by atoms with Gasteiger partial charge >= 0.3 is 0 Å². The molecule has 5 rings (SSSR count). The van der Waals surface area contributed by atoms with Gasteiger partial charge in [0, 0.05) is 15.8 Å². The van der Waals surface area contributed by atoms with Crippen molar-refractivity contribution in [3.05, 3.63) is 81.9 Å². The molecule has 9 heteroatoms. The Kier molecular flexibility index (Phi) is 6.38. The molecule has 2 aliphatic heterocycles. The van der Waals surface area contributed by atoms with Crippen LogP contribution in [0.1, 0.15) is 12.0 Å². The summed E-state index contributed by atoms with van der Waals surface area (Å²) in [6.07, 6.45) is -0.0289. The van der Waals surface area contributed by atoms with Gasteiger partial charge in [0.2, 0.25) is 12.7 Å². The van der Waals surface area contributed by atoms with Gasteiger partial charge in [-0.15, -0.1) is 0 Å². The number of halogens is 1. The van der Waals surface area contributed by atoms with Crippen LogP contribution < -0.4 is 19.7 Å². The molecule has 0 radical (unpaired) electrons. The van der Waals surface area contributed by atoms with Crippen LogP contribution >= 0.6 is 34.8 Å². The lowest BCUT2D eigenvalue weighted by Gasteiger charge is -2.24. The zero-order valence-electron chi connectivity index (χ0n) is 17.9. The molecule has 0 bridgehead atoms. The van der Waals surface area contributed by atoms with Crippen molar-refractivity contribution in [3.8, 4) is 11.5 Å². The molecule has 1 unspecified atom stereocenters. The Morgan fingerprint density at radius 3 is 2.53 bits per heavy atom. The Bertz CT molecular complexity index is 1250. The molecule has 7 nitrogen and oxygen atoms in total. The van der Waals surface area contributed by atoms with Gasteiger partial charge in [-0.25, -0.2) is 0 Å². The zero-order chi connectivity index (χ0) is 23.7. The number of carbonyl (C=O) groups is 2. The fourth-order valence-corrected chi connectivity index (χ4v) is 4.73. The first kappa shape index (κ1) is 22.6. The van der Waals surface area contributed by atoms with E-state index < -0.39 is 6.04 Å². The summed E-state index contributed by atoms with van der Waals surface area (Å²) in [6.45, 7) is 0.536. The molecule has 0 aliphatic carbocycles. The van der Waals surface area contributed by atoms with Crippen LogP contribution in [0.15, 0.2) is 72.8 Å². The predicted octanol–water partition coefficient (Wildman–Crippen LogP) is 4.55. The van der Waals surface area contributed by atoms with Crippen LogP contribution in [0.4, 0.5) is 11.4 Å². The topological polar surface area (TPSA) is 71.1 Å². The number of para-hydroxylation sites is 1. The molecule has 2 heterocycles. The molecular weight excluding hydrogens is 565 g/mol. The number of hydrogen-bond acceptors (Lipinski definition) is 5. The van der Waals surface area contributed by atoms with Crippen molar-refractivity contribution in [2.24, 2.45) is 0 Å². The van der Waals surface area contributed by atoms with E-state index in [9.17, 15) is 9.59 Å². The van der Waals surface area contributed by atoms with Crippen LogP contribution in [0.2, 0.25) is 0 Å². The summed E-state index contributed by atoms with van der Waals surface area (Å²) in [4.78, 5) is 29.7. The average molecular weight is 585 g/mol. The fraction of sp³-hybridized carbons (Fsp3) is 0.160. The second-order valence-corrected chi connectivity index (χ2v) is 9.49. The van der Waals surface area contributed by atoms with E-state index in [4.69, 9.17) is 21.7 Å². The van der Waals surface area contributed by atoms with Gasteiger partial charge in [0.1, 0.15) is 6.04 Å². The molecule has 1 fully saturated rings. The van der Waals surface area contributed by atoms with E-state index in [1.54, 1.807) is 4.90 Å². The molecule has 1 saturated heterocycles. The lowest BCUT2D eigenvalue weighted by molar-refractivity contribution is -0.124. The Morgan fingerprint density at radius 2 is 1.76 bits per heavy atom. The highest BCUT2D eigenvalue weighted by Gasteiger charge is 2.44. The number of thiocarbonyl (C=S) groups is 1. The van der Waals surface area contributed by atoms with Gasteiger partial charge in [-0.05, 0) is 88.9 Å². The van der Waals surface area contributed by atoms with Crippen LogP contribution in [0.3, 0.4) is 0 Å². The molecule has 172 valence electrons. The van der Waals surface area contributed by atoms with Crippen LogP contribution in [0.25, 0.3) is 0 Å². The standard InChI is InChI=1S/C25H20IN3O4S/c26-17-7-9-18(10-8-17)27-23(30)13-20-24(31)29(19-4-2-1-3-5-19)25(34)28(20)14-16-6-11-21-22(12-16)33-15-32-21/h1-12,20H,13-15H2,(H,27,30). The quantitative estimate of drug-likeness (QED) is 0.338. The van der Waals surface area contributed by atoms with Crippen LogP contribution in [-0.4, -0.2) is 34.7 Å². The number of nitrogens with one attached hydrogen (secondary N) is 1. The average Bonchev–Trinajstić information content (AvgIpc) is 3.39. The third kappa shape index (κ3) is 4.58. The van der Waals surface area contributed by atoms with Gasteiger partial charge in [-0.1, -0.05) is 24.3 Å². The molecule has 0 saturated carbocycles. The van der Waals surface area contributed by atoms with Crippen LogP contribution in [0, 0.1) is 3.57 Å². The smallest absolute Gasteiger partial charge is 0.256 e. The Labute approximate surface area is 215 Å². The van der Waals surface area contributed by atoms with E-state index in [0.29, 0.717) is 34.5 Å². The number of nitrogens with zero attached hydrogens (tertiary/aromatic N) is 2. The lowest BCUT2D eigenvalue weighted by atomic mass is 10.1. The fourth-order valence-electron chi connectivity index (χ4n) is 3.99. The molecule has 1 N–H and O–H groups in total. The second-order valence-electron chi connectivity index (χ2n) is 7.88. The third-order valence-corrected chi connectivity index (χ3v) is 6.77. The maximum atomic E-state index is 13.5. The number of ether oxygens (including phenoxy) is 2. The van der Waals surface area contributed by atoms with E-state index >= 15 is 0 Å². The number of rotatable bonds is 6.